The van der Waals surface area contributed by atoms with Gasteiger partial charge >= 0.3 is 0 Å². The van der Waals surface area contributed by atoms with E-state index in [0.717, 1.165) is 22.5 Å². The zero-order valence-electron chi connectivity index (χ0n) is 12.3. The molecule has 22 heavy (non-hydrogen) atoms. The second kappa shape index (κ2) is 6.22. The van der Waals surface area contributed by atoms with Crippen molar-refractivity contribution in [2.75, 3.05) is 5.32 Å². The second-order valence-electron chi connectivity index (χ2n) is 5.08. The molecule has 0 saturated heterocycles. The van der Waals surface area contributed by atoms with Crippen molar-refractivity contribution in [3.63, 3.8) is 0 Å². The summed E-state index contributed by atoms with van der Waals surface area (Å²) >= 11 is 0. The van der Waals surface area contributed by atoms with Crippen molar-refractivity contribution in [3.8, 4) is 11.1 Å². The lowest BCUT2D eigenvalue weighted by molar-refractivity contribution is 0.102. The number of hydrogen-bond acceptors (Lipinski definition) is 2. The molecule has 0 fully saturated rings. The Bertz CT molecular complexity index is 780. The topological polar surface area (TPSA) is 42.0 Å². The van der Waals surface area contributed by atoms with Gasteiger partial charge in [-0.25, -0.2) is 0 Å². The van der Waals surface area contributed by atoms with Gasteiger partial charge in [0, 0.05) is 23.1 Å². The van der Waals surface area contributed by atoms with Crippen LogP contribution in [0.1, 0.15) is 16.1 Å². The summed E-state index contributed by atoms with van der Waals surface area (Å²) in [5, 5.41) is 2.88. The van der Waals surface area contributed by atoms with Crippen molar-refractivity contribution in [2.24, 2.45) is 0 Å². The van der Waals surface area contributed by atoms with Crippen LogP contribution in [0.5, 0.6) is 0 Å². The van der Waals surface area contributed by atoms with Crippen molar-refractivity contribution in [1.82, 2.24) is 4.98 Å². The maximum Gasteiger partial charge on any atom is 0.255 e. The van der Waals surface area contributed by atoms with E-state index in [0.29, 0.717) is 5.56 Å². The highest BCUT2D eigenvalue weighted by atomic mass is 16.1. The van der Waals surface area contributed by atoms with E-state index in [1.54, 1.807) is 12.3 Å². The van der Waals surface area contributed by atoms with Crippen LogP contribution in [0.4, 0.5) is 5.69 Å². The van der Waals surface area contributed by atoms with E-state index in [2.05, 4.69) is 22.4 Å². The van der Waals surface area contributed by atoms with Crippen LogP contribution >= 0.6 is 0 Å². The molecule has 1 N–H and O–H groups in total. The third kappa shape index (κ3) is 3.20. The summed E-state index contributed by atoms with van der Waals surface area (Å²) in [6.07, 6.45) is 1.68. The Hall–Kier alpha value is -2.94. The predicted octanol–water partition coefficient (Wildman–Crippen LogP) is 4.31. The van der Waals surface area contributed by atoms with Crippen molar-refractivity contribution < 1.29 is 4.79 Å². The van der Waals surface area contributed by atoms with Gasteiger partial charge in [-0.2, -0.15) is 0 Å². The van der Waals surface area contributed by atoms with E-state index >= 15 is 0 Å². The fraction of sp³-hybridized carbons (Fsp3) is 0.0526. The fourth-order valence-corrected chi connectivity index (χ4v) is 2.27. The molecule has 0 atom stereocenters. The van der Waals surface area contributed by atoms with E-state index in [1.165, 1.54) is 0 Å². The maximum atomic E-state index is 12.2. The largest absolute Gasteiger partial charge is 0.322 e. The van der Waals surface area contributed by atoms with Gasteiger partial charge in [-0.1, -0.05) is 42.5 Å². The molecule has 3 heteroatoms. The Balaban J connectivity index is 1.76. The van der Waals surface area contributed by atoms with Crippen LogP contribution in [0.15, 0.2) is 72.9 Å². The predicted molar refractivity (Wildman–Crippen MR) is 88.8 cm³/mol. The summed E-state index contributed by atoms with van der Waals surface area (Å²) in [5.41, 5.74) is 4.49. The second-order valence-corrected chi connectivity index (χ2v) is 5.08. The number of hydrogen-bond donors (Lipinski definition) is 1. The zero-order valence-corrected chi connectivity index (χ0v) is 12.3. The molecule has 0 aliphatic rings. The molecule has 0 aliphatic carbocycles. The van der Waals surface area contributed by atoms with Crippen LogP contribution in [0.25, 0.3) is 11.1 Å². The minimum absolute atomic E-state index is 0.120. The van der Waals surface area contributed by atoms with Crippen molar-refractivity contribution in [2.45, 2.75) is 6.92 Å². The number of rotatable bonds is 3. The normalized spacial score (nSPS) is 10.2. The molecule has 1 amide bonds. The summed E-state index contributed by atoms with van der Waals surface area (Å²) in [5.74, 6) is -0.120. The first-order valence-corrected chi connectivity index (χ1v) is 7.12. The molecule has 0 radical (unpaired) electrons. The van der Waals surface area contributed by atoms with Crippen LogP contribution in [-0.4, -0.2) is 10.9 Å². The molecule has 108 valence electrons. The summed E-state index contributed by atoms with van der Waals surface area (Å²) in [6.45, 7) is 1.89. The third-order valence-corrected chi connectivity index (χ3v) is 3.41. The molecule has 2 aromatic carbocycles. The average molecular weight is 288 g/mol. The number of aromatic nitrogens is 1. The lowest BCUT2D eigenvalue weighted by Crippen LogP contribution is -2.11. The molecule has 0 spiro atoms. The average Bonchev–Trinajstić information content (AvgIpc) is 2.56. The molecular formula is C19H16N2O. The van der Waals surface area contributed by atoms with Gasteiger partial charge in [0.1, 0.15) is 0 Å². The lowest BCUT2D eigenvalue weighted by atomic mass is 10.0. The number of nitrogens with zero attached hydrogens (tertiary/aromatic N) is 1. The molecule has 1 heterocycles. The number of anilines is 1. The lowest BCUT2D eigenvalue weighted by Gasteiger charge is -2.07. The minimum atomic E-state index is -0.120. The number of carbonyl (C=O) groups is 1. The van der Waals surface area contributed by atoms with Gasteiger partial charge in [-0.05, 0) is 42.3 Å². The monoisotopic (exact) mass is 288 g/mol. The SMILES string of the molecule is Cc1cc(NC(=O)c2ccc(-c3ccccc3)cc2)ccn1. The van der Waals surface area contributed by atoms with Crippen LogP contribution in [0.3, 0.4) is 0 Å². The number of pyridine rings is 1. The molecule has 0 unspecified atom stereocenters. The Morgan fingerprint density at radius 2 is 1.59 bits per heavy atom. The summed E-state index contributed by atoms with van der Waals surface area (Å²) in [4.78, 5) is 16.4. The van der Waals surface area contributed by atoms with Crippen LogP contribution in [0, 0.1) is 6.92 Å². The van der Waals surface area contributed by atoms with Gasteiger partial charge in [-0.3, -0.25) is 9.78 Å². The minimum Gasteiger partial charge on any atom is -0.322 e. The van der Waals surface area contributed by atoms with Crippen LogP contribution < -0.4 is 5.32 Å². The quantitative estimate of drug-likeness (QED) is 0.780. The van der Waals surface area contributed by atoms with Crippen molar-refractivity contribution in [3.05, 3.63) is 84.2 Å². The summed E-state index contributed by atoms with van der Waals surface area (Å²) in [7, 11) is 0. The highest BCUT2D eigenvalue weighted by Crippen LogP contribution is 2.19. The molecule has 0 aliphatic heterocycles. The van der Waals surface area contributed by atoms with Crippen LogP contribution in [-0.2, 0) is 0 Å². The Morgan fingerprint density at radius 3 is 2.27 bits per heavy atom. The number of carbonyl (C=O) groups excluding carboxylic acids is 1. The van der Waals surface area contributed by atoms with E-state index in [-0.39, 0.29) is 5.91 Å². The van der Waals surface area contributed by atoms with Crippen molar-refractivity contribution in [1.29, 1.82) is 0 Å². The number of benzene rings is 2. The number of amides is 1. The Kier molecular flexibility index (Phi) is 3.97. The zero-order chi connectivity index (χ0) is 15.4. The van der Waals surface area contributed by atoms with Crippen LogP contribution in [0.2, 0.25) is 0 Å². The van der Waals surface area contributed by atoms with E-state index in [9.17, 15) is 4.79 Å². The van der Waals surface area contributed by atoms with Gasteiger partial charge in [0.2, 0.25) is 0 Å². The first kappa shape index (κ1) is 14.0. The van der Waals surface area contributed by atoms with Crippen molar-refractivity contribution >= 4 is 11.6 Å². The van der Waals surface area contributed by atoms with E-state index in [4.69, 9.17) is 0 Å². The molecule has 3 aromatic rings. The third-order valence-electron chi connectivity index (χ3n) is 3.41. The molecular weight excluding hydrogens is 272 g/mol. The summed E-state index contributed by atoms with van der Waals surface area (Å²) < 4.78 is 0. The van der Waals surface area contributed by atoms with Gasteiger partial charge in [0.25, 0.3) is 5.91 Å². The summed E-state index contributed by atoms with van der Waals surface area (Å²) in [6, 6.07) is 21.3. The van der Waals surface area contributed by atoms with Gasteiger partial charge < -0.3 is 5.32 Å². The molecule has 3 nitrogen and oxygen atoms in total. The number of aryl methyl sites for hydroxylation is 1. The van der Waals surface area contributed by atoms with Gasteiger partial charge in [0.15, 0.2) is 0 Å². The fourth-order valence-electron chi connectivity index (χ4n) is 2.27. The molecule has 3 rings (SSSR count). The first-order valence-electron chi connectivity index (χ1n) is 7.12. The molecule has 1 aromatic heterocycles. The molecule has 0 bridgehead atoms. The standard InChI is InChI=1S/C19H16N2O/c1-14-13-18(11-12-20-14)21-19(22)17-9-7-16(8-10-17)15-5-3-2-4-6-15/h2-13H,1H3,(H,20,21,22). The van der Waals surface area contributed by atoms with E-state index < -0.39 is 0 Å². The number of nitrogens with one attached hydrogen (secondary N) is 1. The molecule has 0 saturated carbocycles. The maximum absolute atomic E-state index is 12.2. The Morgan fingerprint density at radius 1 is 0.909 bits per heavy atom. The highest BCUT2D eigenvalue weighted by molar-refractivity contribution is 6.04. The smallest absolute Gasteiger partial charge is 0.255 e. The Labute approximate surface area is 129 Å². The first-order chi connectivity index (χ1) is 10.7. The highest BCUT2D eigenvalue weighted by Gasteiger charge is 2.06. The van der Waals surface area contributed by atoms with Gasteiger partial charge in [0.05, 0.1) is 0 Å². The van der Waals surface area contributed by atoms with E-state index in [1.807, 2.05) is 55.5 Å². The van der Waals surface area contributed by atoms with Gasteiger partial charge in [-0.15, -0.1) is 0 Å².